The monoisotopic (exact) mass is 501 g/mol. The maximum absolute atomic E-state index is 13.0. The molecule has 1 amide bonds. The normalized spacial score (nSPS) is 17.2. The standard InChI is InChI=1S/C26H35N3O5S/c1-33-25-11-10-24(35(31,32)29-15-17-34-18-16-29)19-22(25)7-12-26(30)27-20-21-5-8-23(9-6-21)28-13-3-2-4-14-28/h5-6,8-11,19H,2-4,7,12-18,20H2,1H3,(H,27,30). The number of ether oxygens (including phenoxy) is 2. The van der Waals surface area contributed by atoms with E-state index < -0.39 is 10.0 Å². The van der Waals surface area contributed by atoms with E-state index in [1.165, 1.54) is 29.3 Å². The fraction of sp³-hybridized carbons (Fsp3) is 0.500. The van der Waals surface area contributed by atoms with E-state index in [4.69, 9.17) is 9.47 Å². The molecule has 2 fully saturated rings. The first-order valence-electron chi connectivity index (χ1n) is 12.3. The van der Waals surface area contributed by atoms with E-state index in [0.29, 0.717) is 50.6 Å². The zero-order valence-electron chi connectivity index (χ0n) is 20.4. The lowest BCUT2D eigenvalue weighted by atomic mass is 10.1. The van der Waals surface area contributed by atoms with Crippen molar-refractivity contribution in [3.05, 3.63) is 53.6 Å². The van der Waals surface area contributed by atoms with Crippen LogP contribution in [0, 0.1) is 0 Å². The molecule has 0 unspecified atom stereocenters. The minimum atomic E-state index is -3.61. The summed E-state index contributed by atoms with van der Waals surface area (Å²) in [7, 11) is -2.07. The van der Waals surface area contributed by atoms with E-state index in [2.05, 4.69) is 34.5 Å². The molecule has 2 heterocycles. The van der Waals surface area contributed by atoms with Crippen LogP contribution in [0.5, 0.6) is 5.75 Å². The number of morpholine rings is 1. The molecule has 2 aliphatic heterocycles. The first kappa shape index (κ1) is 25.5. The Morgan fingerprint density at radius 2 is 1.71 bits per heavy atom. The third kappa shape index (κ3) is 6.54. The Bertz CT molecular complexity index is 1090. The predicted octanol–water partition coefficient (Wildman–Crippen LogP) is 2.96. The van der Waals surface area contributed by atoms with E-state index in [1.54, 1.807) is 25.3 Å². The summed E-state index contributed by atoms with van der Waals surface area (Å²) in [6, 6.07) is 13.2. The second-order valence-corrected chi connectivity index (χ2v) is 10.9. The molecule has 0 bridgehead atoms. The lowest BCUT2D eigenvalue weighted by Crippen LogP contribution is -2.40. The summed E-state index contributed by atoms with van der Waals surface area (Å²) in [6.45, 7) is 4.13. The number of anilines is 1. The molecule has 1 N–H and O–H groups in total. The van der Waals surface area contributed by atoms with Gasteiger partial charge in [0.2, 0.25) is 15.9 Å². The van der Waals surface area contributed by atoms with Crippen molar-refractivity contribution in [2.24, 2.45) is 0 Å². The molecule has 0 spiro atoms. The van der Waals surface area contributed by atoms with Crippen LogP contribution in [0.2, 0.25) is 0 Å². The average Bonchev–Trinajstić information content (AvgIpc) is 2.91. The van der Waals surface area contributed by atoms with Crippen LogP contribution >= 0.6 is 0 Å². The number of rotatable bonds is 9. The largest absolute Gasteiger partial charge is 0.496 e. The molecular weight excluding hydrogens is 466 g/mol. The summed E-state index contributed by atoms with van der Waals surface area (Å²) in [5, 5.41) is 2.97. The van der Waals surface area contributed by atoms with Crippen molar-refractivity contribution in [1.82, 2.24) is 9.62 Å². The van der Waals surface area contributed by atoms with Gasteiger partial charge in [-0.25, -0.2) is 8.42 Å². The van der Waals surface area contributed by atoms with E-state index >= 15 is 0 Å². The molecule has 0 aliphatic carbocycles. The topological polar surface area (TPSA) is 88.2 Å². The van der Waals surface area contributed by atoms with Gasteiger partial charge in [-0.2, -0.15) is 4.31 Å². The SMILES string of the molecule is COc1ccc(S(=O)(=O)N2CCOCC2)cc1CCC(=O)NCc1ccc(N2CCCCC2)cc1. The van der Waals surface area contributed by atoms with E-state index in [1.807, 2.05) is 0 Å². The van der Waals surface area contributed by atoms with Gasteiger partial charge < -0.3 is 19.7 Å². The predicted molar refractivity (Wildman–Crippen MR) is 135 cm³/mol. The van der Waals surface area contributed by atoms with Crippen LogP contribution in [0.1, 0.15) is 36.8 Å². The van der Waals surface area contributed by atoms with Crippen molar-refractivity contribution >= 4 is 21.6 Å². The molecule has 190 valence electrons. The number of benzene rings is 2. The molecule has 9 heteroatoms. The molecule has 8 nitrogen and oxygen atoms in total. The number of sulfonamides is 1. The van der Waals surface area contributed by atoms with Gasteiger partial charge >= 0.3 is 0 Å². The van der Waals surface area contributed by atoms with Gasteiger partial charge in [0.25, 0.3) is 0 Å². The summed E-state index contributed by atoms with van der Waals surface area (Å²) < 4.78 is 38.1. The molecule has 2 aromatic rings. The molecule has 0 atom stereocenters. The van der Waals surface area contributed by atoms with Crippen molar-refractivity contribution in [1.29, 1.82) is 0 Å². The highest BCUT2D eigenvalue weighted by atomic mass is 32.2. The third-order valence-corrected chi connectivity index (χ3v) is 8.52. The zero-order valence-corrected chi connectivity index (χ0v) is 21.2. The Balaban J connectivity index is 1.32. The van der Waals surface area contributed by atoms with Crippen molar-refractivity contribution in [3.63, 3.8) is 0 Å². The lowest BCUT2D eigenvalue weighted by Gasteiger charge is -2.28. The van der Waals surface area contributed by atoms with Gasteiger partial charge in [-0.05, 0) is 67.1 Å². The molecule has 2 aromatic carbocycles. The highest BCUT2D eigenvalue weighted by Gasteiger charge is 2.27. The Labute approximate surface area is 208 Å². The fourth-order valence-corrected chi connectivity index (χ4v) is 6.02. The van der Waals surface area contributed by atoms with Gasteiger partial charge in [-0.1, -0.05) is 12.1 Å². The fourth-order valence-electron chi connectivity index (χ4n) is 4.56. The summed E-state index contributed by atoms with van der Waals surface area (Å²) in [5.74, 6) is 0.487. The smallest absolute Gasteiger partial charge is 0.243 e. The Hall–Kier alpha value is -2.62. The van der Waals surface area contributed by atoms with E-state index in [-0.39, 0.29) is 17.2 Å². The molecule has 4 rings (SSSR count). The number of piperidine rings is 1. The number of hydrogen-bond donors (Lipinski definition) is 1. The molecular formula is C26H35N3O5S. The van der Waals surface area contributed by atoms with Crippen LogP contribution in [0.25, 0.3) is 0 Å². The van der Waals surface area contributed by atoms with Crippen LogP contribution in [-0.2, 0) is 32.5 Å². The maximum Gasteiger partial charge on any atom is 0.243 e. The van der Waals surface area contributed by atoms with Gasteiger partial charge in [0, 0.05) is 44.8 Å². The average molecular weight is 502 g/mol. The van der Waals surface area contributed by atoms with Gasteiger partial charge in [0.05, 0.1) is 25.2 Å². The van der Waals surface area contributed by atoms with Crippen molar-refractivity contribution in [2.45, 2.75) is 43.5 Å². The van der Waals surface area contributed by atoms with Gasteiger partial charge in [0.15, 0.2) is 0 Å². The van der Waals surface area contributed by atoms with Crippen LogP contribution in [0.4, 0.5) is 5.69 Å². The summed E-state index contributed by atoms with van der Waals surface area (Å²) in [4.78, 5) is 15.2. The Morgan fingerprint density at radius 1 is 1.00 bits per heavy atom. The second kappa shape index (κ2) is 11.9. The molecule has 0 radical (unpaired) electrons. The van der Waals surface area contributed by atoms with Gasteiger partial charge in [-0.15, -0.1) is 0 Å². The van der Waals surface area contributed by atoms with Gasteiger partial charge in [0.1, 0.15) is 5.75 Å². The first-order valence-corrected chi connectivity index (χ1v) is 13.8. The quantitative estimate of drug-likeness (QED) is 0.569. The van der Waals surface area contributed by atoms with Crippen molar-refractivity contribution in [3.8, 4) is 5.75 Å². The third-order valence-electron chi connectivity index (χ3n) is 6.63. The number of methoxy groups -OCH3 is 1. The lowest BCUT2D eigenvalue weighted by molar-refractivity contribution is -0.121. The van der Waals surface area contributed by atoms with E-state index in [0.717, 1.165) is 18.7 Å². The van der Waals surface area contributed by atoms with Crippen LogP contribution in [0.15, 0.2) is 47.4 Å². The molecule has 0 aromatic heterocycles. The molecule has 35 heavy (non-hydrogen) atoms. The highest BCUT2D eigenvalue weighted by Crippen LogP contribution is 2.26. The number of nitrogens with zero attached hydrogens (tertiary/aromatic N) is 2. The molecule has 2 aliphatic rings. The van der Waals surface area contributed by atoms with Crippen LogP contribution in [0.3, 0.4) is 0 Å². The minimum Gasteiger partial charge on any atom is -0.496 e. The zero-order chi connectivity index (χ0) is 24.7. The van der Waals surface area contributed by atoms with Crippen molar-refractivity contribution in [2.75, 3.05) is 51.4 Å². The highest BCUT2D eigenvalue weighted by molar-refractivity contribution is 7.89. The summed E-state index contributed by atoms with van der Waals surface area (Å²) in [5.41, 5.74) is 2.98. The number of aryl methyl sites for hydroxylation is 1. The Kier molecular flexibility index (Phi) is 8.64. The van der Waals surface area contributed by atoms with Crippen LogP contribution < -0.4 is 15.0 Å². The molecule has 2 saturated heterocycles. The number of amides is 1. The number of hydrogen-bond acceptors (Lipinski definition) is 6. The number of carbonyl (C=O) groups is 1. The summed E-state index contributed by atoms with van der Waals surface area (Å²) >= 11 is 0. The van der Waals surface area contributed by atoms with Crippen LogP contribution in [-0.4, -0.2) is 65.1 Å². The Morgan fingerprint density at radius 3 is 2.40 bits per heavy atom. The minimum absolute atomic E-state index is 0.0893. The maximum atomic E-state index is 13.0. The number of nitrogens with one attached hydrogen (secondary N) is 1. The first-order chi connectivity index (χ1) is 17.0. The summed E-state index contributed by atoms with van der Waals surface area (Å²) in [6.07, 6.45) is 4.41. The molecule has 0 saturated carbocycles. The number of carbonyl (C=O) groups excluding carboxylic acids is 1. The second-order valence-electron chi connectivity index (χ2n) is 8.98. The van der Waals surface area contributed by atoms with Gasteiger partial charge in [-0.3, -0.25) is 4.79 Å². The van der Waals surface area contributed by atoms with E-state index in [9.17, 15) is 13.2 Å². The van der Waals surface area contributed by atoms with Crippen molar-refractivity contribution < 1.29 is 22.7 Å².